The molecule has 2 unspecified atom stereocenters. The number of hydrogen-bond acceptors (Lipinski definition) is 3. The number of carbonyl (C=O) groups excluding carboxylic acids is 2. The zero-order valence-electron chi connectivity index (χ0n) is 17.6. The van der Waals surface area contributed by atoms with Crippen molar-refractivity contribution >= 4 is 23.6 Å². The van der Waals surface area contributed by atoms with E-state index in [0.717, 1.165) is 12.0 Å². The first-order chi connectivity index (χ1) is 13.8. The van der Waals surface area contributed by atoms with Crippen LogP contribution in [0.25, 0.3) is 0 Å². The summed E-state index contributed by atoms with van der Waals surface area (Å²) in [6.45, 7) is 8.99. The molecule has 0 aliphatic carbocycles. The van der Waals surface area contributed by atoms with Gasteiger partial charge in [0.2, 0.25) is 5.91 Å². The van der Waals surface area contributed by atoms with E-state index < -0.39 is 6.04 Å². The quantitative estimate of drug-likeness (QED) is 0.784. The van der Waals surface area contributed by atoms with Gasteiger partial charge in [0, 0.05) is 17.9 Å². The van der Waals surface area contributed by atoms with Gasteiger partial charge in [-0.3, -0.25) is 9.59 Å². The second kappa shape index (κ2) is 9.04. The van der Waals surface area contributed by atoms with E-state index in [1.165, 1.54) is 5.56 Å². The normalized spacial score (nSPS) is 19.2. The summed E-state index contributed by atoms with van der Waals surface area (Å²) in [6.07, 6.45) is 0.818. The molecule has 1 aliphatic rings. The van der Waals surface area contributed by atoms with Gasteiger partial charge in [-0.05, 0) is 35.1 Å². The molecule has 1 N–H and O–H groups in total. The molecular formula is C24H30N2O2S. The monoisotopic (exact) mass is 410 g/mol. The summed E-state index contributed by atoms with van der Waals surface area (Å²) in [4.78, 5) is 28.0. The maximum Gasteiger partial charge on any atom is 0.255 e. The molecule has 1 fully saturated rings. The number of nitrogens with one attached hydrogen (secondary N) is 1. The van der Waals surface area contributed by atoms with Crippen LogP contribution in [0.4, 0.5) is 0 Å². The van der Waals surface area contributed by atoms with Crippen molar-refractivity contribution in [2.24, 2.45) is 0 Å². The maximum atomic E-state index is 13.3. The molecule has 2 atom stereocenters. The molecule has 0 aromatic heterocycles. The minimum absolute atomic E-state index is 0.0252. The summed E-state index contributed by atoms with van der Waals surface area (Å²) in [6, 6.07) is 17.2. The van der Waals surface area contributed by atoms with Crippen LogP contribution >= 0.6 is 11.8 Å². The summed E-state index contributed by atoms with van der Waals surface area (Å²) >= 11 is 1.68. The highest BCUT2D eigenvalue weighted by Crippen LogP contribution is 2.33. The summed E-state index contributed by atoms with van der Waals surface area (Å²) in [7, 11) is 0. The van der Waals surface area contributed by atoms with Gasteiger partial charge in [-0.25, -0.2) is 0 Å². The van der Waals surface area contributed by atoms with Gasteiger partial charge in [-0.15, -0.1) is 11.8 Å². The first-order valence-corrected chi connectivity index (χ1v) is 11.2. The van der Waals surface area contributed by atoms with Crippen molar-refractivity contribution in [2.45, 2.75) is 57.5 Å². The fourth-order valence-electron chi connectivity index (χ4n) is 3.52. The van der Waals surface area contributed by atoms with Gasteiger partial charge >= 0.3 is 0 Å². The van der Waals surface area contributed by atoms with Gasteiger partial charge in [-0.2, -0.15) is 0 Å². The smallest absolute Gasteiger partial charge is 0.255 e. The van der Waals surface area contributed by atoms with Crippen LogP contribution in [0.1, 0.15) is 55.6 Å². The lowest BCUT2D eigenvalue weighted by Crippen LogP contribution is -2.49. The second-order valence-corrected chi connectivity index (χ2v) is 9.67. The summed E-state index contributed by atoms with van der Waals surface area (Å²) in [5, 5.41) is 3.03. The Morgan fingerprint density at radius 2 is 1.72 bits per heavy atom. The molecule has 4 nitrogen and oxygen atoms in total. The SMILES string of the molecule is CCC1SCC(C(=O)NCc2ccccc2)N1C(=O)c1ccc(C(C)(C)C)cc1. The number of amides is 2. The van der Waals surface area contributed by atoms with E-state index in [-0.39, 0.29) is 22.6 Å². The summed E-state index contributed by atoms with van der Waals surface area (Å²) < 4.78 is 0. The Morgan fingerprint density at radius 1 is 1.07 bits per heavy atom. The Kier molecular flexibility index (Phi) is 6.68. The fourth-order valence-corrected chi connectivity index (χ4v) is 4.87. The average Bonchev–Trinajstić information content (AvgIpc) is 3.16. The Labute approximate surface area is 178 Å². The van der Waals surface area contributed by atoms with Crippen molar-refractivity contribution in [3.63, 3.8) is 0 Å². The number of hydrogen-bond donors (Lipinski definition) is 1. The minimum Gasteiger partial charge on any atom is -0.350 e. The Balaban J connectivity index is 1.75. The number of thioether (sulfide) groups is 1. The Bertz CT molecular complexity index is 843. The molecule has 0 saturated carbocycles. The van der Waals surface area contributed by atoms with Gasteiger partial charge in [0.05, 0.1) is 5.37 Å². The average molecular weight is 411 g/mol. The van der Waals surface area contributed by atoms with Crippen LogP contribution in [0, 0.1) is 0 Å². The highest BCUT2D eigenvalue weighted by Gasteiger charge is 2.40. The molecule has 0 radical (unpaired) electrons. The summed E-state index contributed by atoms with van der Waals surface area (Å²) in [5.41, 5.74) is 2.92. The lowest BCUT2D eigenvalue weighted by molar-refractivity contribution is -0.125. The van der Waals surface area contributed by atoms with Crippen LogP contribution < -0.4 is 5.32 Å². The predicted octanol–water partition coefficient (Wildman–Crippen LogP) is 4.59. The zero-order chi connectivity index (χ0) is 21.0. The highest BCUT2D eigenvalue weighted by molar-refractivity contribution is 8.00. The van der Waals surface area contributed by atoms with Gasteiger partial charge in [-0.1, -0.05) is 70.2 Å². The number of nitrogens with zero attached hydrogens (tertiary/aromatic N) is 1. The molecule has 3 rings (SSSR count). The van der Waals surface area contributed by atoms with Crippen LogP contribution in [0.5, 0.6) is 0 Å². The van der Waals surface area contributed by atoms with E-state index >= 15 is 0 Å². The van der Waals surface area contributed by atoms with E-state index in [9.17, 15) is 9.59 Å². The molecule has 1 aliphatic heterocycles. The van der Waals surface area contributed by atoms with Gasteiger partial charge < -0.3 is 10.2 Å². The number of carbonyl (C=O) groups is 2. The minimum atomic E-state index is -0.441. The molecule has 0 bridgehead atoms. The van der Waals surface area contributed by atoms with E-state index in [4.69, 9.17) is 0 Å². The second-order valence-electron chi connectivity index (χ2n) is 8.46. The summed E-state index contributed by atoms with van der Waals surface area (Å²) in [5.74, 6) is 0.476. The van der Waals surface area contributed by atoms with Crippen molar-refractivity contribution in [3.05, 3.63) is 71.3 Å². The maximum absolute atomic E-state index is 13.3. The van der Waals surface area contributed by atoms with E-state index in [2.05, 4.69) is 33.0 Å². The van der Waals surface area contributed by atoms with Crippen molar-refractivity contribution in [2.75, 3.05) is 5.75 Å². The third-order valence-electron chi connectivity index (χ3n) is 5.29. The number of benzene rings is 2. The fraction of sp³-hybridized carbons (Fsp3) is 0.417. The van der Waals surface area contributed by atoms with Crippen molar-refractivity contribution in [1.29, 1.82) is 0 Å². The molecule has 154 valence electrons. The zero-order valence-corrected chi connectivity index (χ0v) is 18.5. The van der Waals surface area contributed by atoms with Gasteiger partial charge in [0.25, 0.3) is 5.91 Å². The van der Waals surface area contributed by atoms with Crippen molar-refractivity contribution in [1.82, 2.24) is 10.2 Å². The van der Waals surface area contributed by atoms with E-state index in [0.29, 0.717) is 17.9 Å². The van der Waals surface area contributed by atoms with Crippen LogP contribution in [-0.4, -0.2) is 33.9 Å². The Hall–Kier alpha value is -2.27. The third-order valence-corrected chi connectivity index (χ3v) is 6.74. The Morgan fingerprint density at radius 3 is 2.31 bits per heavy atom. The molecular weight excluding hydrogens is 380 g/mol. The first-order valence-electron chi connectivity index (χ1n) is 10.2. The number of rotatable bonds is 5. The van der Waals surface area contributed by atoms with Gasteiger partial charge in [0.15, 0.2) is 0 Å². The topological polar surface area (TPSA) is 49.4 Å². The van der Waals surface area contributed by atoms with Crippen molar-refractivity contribution in [3.8, 4) is 0 Å². The third kappa shape index (κ3) is 5.02. The molecule has 1 heterocycles. The van der Waals surface area contributed by atoms with E-state index in [1.54, 1.807) is 16.7 Å². The van der Waals surface area contributed by atoms with Crippen molar-refractivity contribution < 1.29 is 9.59 Å². The van der Waals surface area contributed by atoms with Gasteiger partial charge in [0.1, 0.15) is 6.04 Å². The lowest BCUT2D eigenvalue weighted by atomic mass is 9.86. The largest absolute Gasteiger partial charge is 0.350 e. The van der Waals surface area contributed by atoms with E-state index in [1.807, 2.05) is 54.6 Å². The van der Waals surface area contributed by atoms with Crippen LogP contribution in [0.2, 0.25) is 0 Å². The molecule has 2 aromatic rings. The molecule has 1 saturated heterocycles. The predicted molar refractivity (Wildman–Crippen MR) is 120 cm³/mol. The molecule has 29 heavy (non-hydrogen) atoms. The highest BCUT2D eigenvalue weighted by atomic mass is 32.2. The first kappa shape index (κ1) is 21.4. The standard InChI is InChI=1S/C24H30N2O2S/c1-5-21-26(23(28)18-11-13-19(14-12-18)24(2,3)4)20(16-29-21)22(27)25-15-17-9-7-6-8-10-17/h6-14,20-21H,5,15-16H2,1-4H3,(H,25,27). The van der Waals surface area contributed by atoms with Crippen LogP contribution in [-0.2, 0) is 16.8 Å². The lowest BCUT2D eigenvalue weighted by Gasteiger charge is -2.28. The molecule has 5 heteroatoms. The molecule has 2 amide bonds. The van der Waals surface area contributed by atoms with Crippen LogP contribution in [0.15, 0.2) is 54.6 Å². The molecule has 2 aromatic carbocycles. The van der Waals surface area contributed by atoms with Crippen LogP contribution in [0.3, 0.4) is 0 Å². The molecule has 0 spiro atoms.